The zero-order chi connectivity index (χ0) is 15.1. The fraction of sp³-hybridized carbons (Fsp3) is 0.375. The summed E-state index contributed by atoms with van der Waals surface area (Å²) < 4.78 is 13.0. The van der Waals surface area contributed by atoms with Crippen LogP contribution < -0.4 is 9.47 Å². The smallest absolute Gasteiger partial charge is 0.161 e. The van der Waals surface area contributed by atoms with Gasteiger partial charge in [-0.2, -0.15) is 0 Å². The molecule has 0 saturated carbocycles. The Morgan fingerprint density at radius 3 is 2.81 bits per heavy atom. The van der Waals surface area contributed by atoms with E-state index >= 15 is 0 Å². The van der Waals surface area contributed by atoms with Gasteiger partial charge in [0.05, 0.1) is 20.0 Å². The van der Waals surface area contributed by atoms with Gasteiger partial charge in [-0.25, -0.2) is 4.98 Å². The predicted octanol–water partition coefficient (Wildman–Crippen LogP) is 2.95. The van der Waals surface area contributed by atoms with Crippen molar-refractivity contribution in [2.45, 2.75) is 26.3 Å². The fourth-order valence-electron chi connectivity index (χ4n) is 2.00. The predicted molar refractivity (Wildman–Crippen MR) is 80.0 cm³/mol. The number of rotatable bonds is 8. The molecule has 112 valence electrons. The summed E-state index contributed by atoms with van der Waals surface area (Å²) >= 11 is 0. The Kier molecular flexibility index (Phi) is 5.37. The summed E-state index contributed by atoms with van der Waals surface area (Å²) in [5.74, 6) is 1.28. The number of methoxy groups -OCH3 is 1. The summed E-state index contributed by atoms with van der Waals surface area (Å²) in [4.78, 5) is 15.3. The van der Waals surface area contributed by atoms with Crippen molar-refractivity contribution < 1.29 is 14.3 Å². The molecular weight excluding hydrogens is 268 g/mol. The Bertz CT molecular complexity index is 579. The van der Waals surface area contributed by atoms with E-state index in [-0.39, 0.29) is 5.78 Å². The van der Waals surface area contributed by atoms with Gasteiger partial charge in [0, 0.05) is 24.5 Å². The topological polar surface area (TPSA) is 53.4 Å². The molecule has 0 fully saturated rings. The summed E-state index contributed by atoms with van der Waals surface area (Å²) in [6, 6.07) is 5.25. The molecule has 0 N–H and O–H groups in total. The standard InChI is InChI=1S/C16H20N2O3/c1-13(19)14-5-6-15(16(11-14)20-2)21-10-4-3-8-18-9-7-17-12-18/h5-7,9,11-12H,3-4,8,10H2,1-2H3. The zero-order valence-electron chi connectivity index (χ0n) is 12.4. The van der Waals surface area contributed by atoms with Crippen LogP contribution in [0.3, 0.4) is 0 Å². The average Bonchev–Trinajstić information content (AvgIpc) is 3.00. The van der Waals surface area contributed by atoms with Crippen molar-refractivity contribution >= 4 is 5.78 Å². The van der Waals surface area contributed by atoms with Crippen LogP contribution in [0.4, 0.5) is 0 Å². The molecule has 2 aromatic rings. The van der Waals surface area contributed by atoms with Gasteiger partial charge in [0.25, 0.3) is 0 Å². The quantitative estimate of drug-likeness (QED) is 0.553. The highest BCUT2D eigenvalue weighted by atomic mass is 16.5. The molecule has 0 amide bonds. The number of hydrogen-bond acceptors (Lipinski definition) is 4. The average molecular weight is 288 g/mol. The minimum Gasteiger partial charge on any atom is -0.493 e. The highest BCUT2D eigenvalue weighted by Crippen LogP contribution is 2.28. The Hall–Kier alpha value is -2.30. The first-order valence-corrected chi connectivity index (χ1v) is 6.98. The Morgan fingerprint density at radius 2 is 2.14 bits per heavy atom. The largest absolute Gasteiger partial charge is 0.493 e. The van der Waals surface area contributed by atoms with Gasteiger partial charge in [-0.05, 0) is 38.0 Å². The lowest BCUT2D eigenvalue weighted by Crippen LogP contribution is -2.03. The molecule has 0 aliphatic heterocycles. The van der Waals surface area contributed by atoms with E-state index in [0.717, 1.165) is 19.4 Å². The minimum absolute atomic E-state index is 0.0141. The van der Waals surface area contributed by atoms with E-state index in [2.05, 4.69) is 4.98 Å². The molecule has 0 atom stereocenters. The van der Waals surface area contributed by atoms with Crippen LogP contribution >= 0.6 is 0 Å². The second-order valence-electron chi connectivity index (χ2n) is 4.78. The summed E-state index contributed by atoms with van der Waals surface area (Å²) in [6.07, 6.45) is 7.49. The SMILES string of the molecule is COc1cc(C(C)=O)ccc1OCCCCn1ccnc1. The van der Waals surface area contributed by atoms with Gasteiger partial charge in [-0.1, -0.05) is 0 Å². The number of nitrogens with zero attached hydrogens (tertiary/aromatic N) is 2. The monoisotopic (exact) mass is 288 g/mol. The van der Waals surface area contributed by atoms with Crippen LogP contribution in [0.25, 0.3) is 0 Å². The Labute approximate surface area is 124 Å². The van der Waals surface area contributed by atoms with E-state index in [9.17, 15) is 4.79 Å². The van der Waals surface area contributed by atoms with Crippen LogP contribution in [0.15, 0.2) is 36.9 Å². The maximum atomic E-state index is 11.3. The maximum Gasteiger partial charge on any atom is 0.161 e. The first-order valence-electron chi connectivity index (χ1n) is 6.98. The molecule has 1 aromatic carbocycles. The third-order valence-corrected chi connectivity index (χ3v) is 3.20. The second-order valence-corrected chi connectivity index (χ2v) is 4.78. The van der Waals surface area contributed by atoms with Crippen molar-refractivity contribution in [3.05, 3.63) is 42.5 Å². The number of carbonyl (C=O) groups excluding carboxylic acids is 1. The van der Waals surface area contributed by atoms with Gasteiger partial charge in [-0.3, -0.25) is 4.79 Å². The van der Waals surface area contributed by atoms with Gasteiger partial charge < -0.3 is 14.0 Å². The molecule has 0 radical (unpaired) electrons. The van der Waals surface area contributed by atoms with Crippen LogP contribution in [0.5, 0.6) is 11.5 Å². The van der Waals surface area contributed by atoms with Crippen molar-refractivity contribution in [3.8, 4) is 11.5 Å². The van der Waals surface area contributed by atoms with Crippen molar-refractivity contribution in [2.24, 2.45) is 0 Å². The summed E-state index contributed by atoms with van der Waals surface area (Å²) in [5, 5.41) is 0. The summed E-state index contributed by atoms with van der Waals surface area (Å²) in [6.45, 7) is 3.08. The van der Waals surface area contributed by atoms with Gasteiger partial charge >= 0.3 is 0 Å². The number of unbranched alkanes of at least 4 members (excludes halogenated alkanes) is 1. The van der Waals surface area contributed by atoms with Gasteiger partial charge in [0.15, 0.2) is 17.3 Å². The van der Waals surface area contributed by atoms with Crippen molar-refractivity contribution in [1.29, 1.82) is 0 Å². The number of ketones is 1. The molecule has 0 spiro atoms. The molecule has 2 rings (SSSR count). The van der Waals surface area contributed by atoms with Crippen molar-refractivity contribution in [3.63, 3.8) is 0 Å². The van der Waals surface area contributed by atoms with E-state index in [0.29, 0.717) is 23.7 Å². The molecule has 1 aromatic heterocycles. The van der Waals surface area contributed by atoms with Crippen LogP contribution in [-0.4, -0.2) is 29.1 Å². The number of ether oxygens (including phenoxy) is 2. The molecule has 0 bridgehead atoms. The highest BCUT2D eigenvalue weighted by molar-refractivity contribution is 5.94. The van der Waals surface area contributed by atoms with Crippen molar-refractivity contribution in [1.82, 2.24) is 9.55 Å². The van der Waals surface area contributed by atoms with Crippen LogP contribution in [0.1, 0.15) is 30.1 Å². The van der Waals surface area contributed by atoms with E-state index in [4.69, 9.17) is 9.47 Å². The number of aryl methyl sites for hydroxylation is 1. The van der Waals surface area contributed by atoms with Gasteiger partial charge in [0.2, 0.25) is 0 Å². The lowest BCUT2D eigenvalue weighted by molar-refractivity contribution is 0.101. The molecule has 0 unspecified atom stereocenters. The summed E-state index contributed by atoms with van der Waals surface area (Å²) in [7, 11) is 1.57. The lowest BCUT2D eigenvalue weighted by Gasteiger charge is -2.11. The number of imidazole rings is 1. The molecule has 0 saturated heterocycles. The third-order valence-electron chi connectivity index (χ3n) is 3.20. The Balaban J connectivity index is 1.81. The first-order chi connectivity index (χ1) is 10.2. The molecular formula is C16H20N2O3. The van der Waals surface area contributed by atoms with Crippen LogP contribution in [0.2, 0.25) is 0 Å². The van der Waals surface area contributed by atoms with E-state index < -0.39 is 0 Å². The van der Waals surface area contributed by atoms with E-state index in [1.54, 1.807) is 31.5 Å². The number of benzene rings is 1. The number of aromatic nitrogens is 2. The van der Waals surface area contributed by atoms with Crippen molar-refractivity contribution in [2.75, 3.05) is 13.7 Å². The van der Waals surface area contributed by atoms with Crippen LogP contribution in [0, 0.1) is 0 Å². The number of hydrogen-bond donors (Lipinski definition) is 0. The molecule has 0 aliphatic rings. The van der Waals surface area contributed by atoms with Gasteiger partial charge in [-0.15, -0.1) is 0 Å². The number of carbonyl (C=O) groups is 1. The van der Waals surface area contributed by atoms with E-state index in [1.165, 1.54) is 6.92 Å². The third kappa shape index (κ3) is 4.34. The van der Waals surface area contributed by atoms with E-state index in [1.807, 2.05) is 17.1 Å². The molecule has 5 nitrogen and oxygen atoms in total. The van der Waals surface area contributed by atoms with Gasteiger partial charge in [0.1, 0.15) is 0 Å². The first kappa shape index (κ1) is 15.1. The normalized spacial score (nSPS) is 10.4. The lowest BCUT2D eigenvalue weighted by atomic mass is 10.1. The second kappa shape index (κ2) is 7.47. The molecule has 0 aliphatic carbocycles. The Morgan fingerprint density at radius 1 is 1.29 bits per heavy atom. The zero-order valence-corrected chi connectivity index (χ0v) is 12.4. The molecule has 5 heteroatoms. The fourth-order valence-corrected chi connectivity index (χ4v) is 2.00. The molecule has 1 heterocycles. The minimum atomic E-state index is 0.0141. The highest BCUT2D eigenvalue weighted by Gasteiger charge is 2.08. The maximum absolute atomic E-state index is 11.3. The number of Topliss-reactive ketones (excluding diaryl/α,β-unsaturated/α-hetero) is 1. The molecule has 21 heavy (non-hydrogen) atoms. The van der Waals surface area contributed by atoms with Crippen LogP contribution in [-0.2, 0) is 6.54 Å². The summed E-state index contributed by atoms with van der Waals surface area (Å²) in [5.41, 5.74) is 0.624.